The summed E-state index contributed by atoms with van der Waals surface area (Å²) < 4.78 is 37.4. The number of aliphatic carboxylic acids is 1. The summed E-state index contributed by atoms with van der Waals surface area (Å²) in [5.41, 5.74) is -1.76. The van der Waals surface area contributed by atoms with E-state index in [-0.39, 0.29) is 18.2 Å². The Labute approximate surface area is 147 Å². The molecule has 1 aliphatic rings. The van der Waals surface area contributed by atoms with Gasteiger partial charge in [0.15, 0.2) is 0 Å². The largest absolute Gasteiger partial charge is 0.481 e. The van der Waals surface area contributed by atoms with Crippen LogP contribution in [0.1, 0.15) is 37.7 Å². The zero-order chi connectivity index (χ0) is 18.5. The molecule has 0 aromatic carbocycles. The average molecular weight is 376 g/mol. The summed E-state index contributed by atoms with van der Waals surface area (Å²) in [7, 11) is 0. The molecule has 0 radical (unpaired) electrons. The highest BCUT2D eigenvalue weighted by molar-refractivity contribution is 7.99. The molecule has 1 saturated carbocycles. The first-order chi connectivity index (χ1) is 11.7. The van der Waals surface area contributed by atoms with Crippen LogP contribution in [0.2, 0.25) is 0 Å². The molecule has 1 aliphatic carbocycles. The second kappa shape index (κ2) is 8.07. The van der Waals surface area contributed by atoms with Crippen molar-refractivity contribution in [1.29, 1.82) is 0 Å². The molecule has 0 spiro atoms. The van der Waals surface area contributed by atoms with Gasteiger partial charge in [0.25, 0.3) is 0 Å². The van der Waals surface area contributed by atoms with E-state index in [4.69, 9.17) is 0 Å². The minimum atomic E-state index is -4.45. The highest BCUT2D eigenvalue weighted by Gasteiger charge is 2.39. The van der Waals surface area contributed by atoms with Crippen LogP contribution < -0.4 is 5.32 Å². The van der Waals surface area contributed by atoms with Crippen LogP contribution in [0.5, 0.6) is 0 Å². The molecule has 1 aromatic rings. The molecule has 1 fully saturated rings. The van der Waals surface area contributed by atoms with E-state index < -0.39 is 23.1 Å². The minimum Gasteiger partial charge on any atom is -0.481 e. The number of hydrogen-bond donors (Lipinski definition) is 2. The van der Waals surface area contributed by atoms with E-state index in [9.17, 15) is 27.9 Å². The quantitative estimate of drug-likeness (QED) is 0.745. The molecule has 138 valence electrons. The number of aromatic nitrogens is 1. The van der Waals surface area contributed by atoms with Crippen molar-refractivity contribution in [3.63, 3.8) is 0 Å². The van der Waals surface area contributed by atoms with Gasteiger partial charge in [-0.3, -0.25) is 9.59 Å². The zero-order valence-electron chi connectivity index (χ0n) is 13.4. The fourth-order valence-electron chi connectivity index (χ4n) is 2.79. The lowest BCUT2D eigenvalue weighted by Gasteiger charge is -2.33. The van der Waals surface area contributed by atoms with Crippen LogP contribution >= 0.6 is 11.8 Å². The van der Waals surface area contributed by atoms with Gasteiger partial charge in [-0.25, -0.2) is 4.98 Å². The Morgan fingerprint density at radius 2 is 1.92 bits per heavy atom. The van der Waals surface area contributed by atoms with Crippen molar-refractivity contribution in [1.82, 2.24) is 10.3 Å². The van der Waals surface area contributed by atoms with Crippen molar-refractivity contribution >= 4 is 23.6 Å². The van der Waals surface area contributed by atoms with Crippen LogP contribution in [-0.2, 0) is 15.8 Å². The van der Waals surface area contributed by atoms with Gasteiger partial charge in [-0.1, -0.05) is 31.0 Å². The maximum atomic E-state index is 12.5. The topological polar surface area (TPSA) is 79.3 Å². The first-order valence-electron chi connectivity index (χ1n) is 7.89. The fourth-order valence-corrected chi connectivity index (χ4v) is 3.46. The van der Waals surface area contributed by atoms with Gasteiger partial charge >= 0.3 is 12.1 Å². The number of nitrogens with zero attached hydrogens (tertiary/aromatic N) is 1. The molecule has 1 heterocycles. The van der Waals surface area contributed by atoms with E-state index in [1.165, 1.54) is 6.07 Å². The van der Waals surface area contributed by atoms with E-state index in [2.05, 4.69) is 10.3 Å². The normalized spacial score (nSPS) is 17.1. The summed E-state index contributed by atoms with van der Waals surface area (Å²) in [6.07, 6.45) is 0.00401. The molecule has 0 atom stereocenters. The lowest BCUT2D eigenvalue weighted by molar-refractivity contribution is -0.151. The number of hydrogen-bond acceptors (Lipinski definition) is 4. The molecule has 9 heteroatoms. The Kier molecular flexibility index (Phi) is 6.31. The molecule has 25 heavy (non-hydrogen) atoms. The second-order valence-electron chi connectivity index (χ2n) is 6.09. The van der Waals surface area contributed by atoms with Crippen molar-refractivity contribution in [2.75, 3.05) is 12.3 Å². The van der Waals surface area contributed by atoms with Crippen LogP contribution in [0, 0.1) is 5.41 Å². The number of carbonyl (C=O) groups excluding carboxylic acids is 1. The number of thioether (sulfide) groups is 1. The molecular formula is C16H19F3N2O3S. The molecule has 0 unspecified atom stereocenters. The first-order valence-corrected chi connectivity index (χ1v) is 8.88. The van der Waals surface area contributed by atoms with Gasteiger partial charge in [-0.2, -0.15) is 13.2 Å². The van der Waals surface area contributed by atoms with Crippen LogP contribution in [0.25, 0.3) is 0 Å². The van der Waals surface area contributed by atoms with Crippen molar-refractivity contribution in [2.24, 2.45) is 5.41 Å². The number of nitrogens with one attached hydrogen (secondary N) is 1. The SMILES string of the molecule is O=C(CSc1ccc(C(F)(F)F)cn1)NCC1(C(=O)O)CCCCC1. The number of carboxylic acids is 1. The first kappa shape index (κ1) is 19.6. The van der Waals surface area contributed by atoms with Gasteiger partial charge in [-0.15, -0.1) is 0 Å². The third-order valence-electron chi connectivity index (χ3n) is 4.30. The average Bonchev–Trinajstić information content (AvgIpc) is 2.58. The predicted molar refractivity (Wildman–Crippen MR) is 86.1 cm³/mol. The Bertz CT molecular complexity index is 614. The summed E-state index contributed by atoms with van der Waals surface area (Å²) in [4.78, 5) is 27.1. The molecule has 0 saturated heterocycles. The molecule has 0 aliphatic heterocycles. The van der Waals surface area contributed by atoms with Crippen molar-refractivity contribution in [2.45, 2.75) is 43.3 Å². The van der Waals surface area contributed by atoms with E-state index in [1.54, 1.807) is 0 Å². The van der Waals surface area contributed by atoms with Crippen LogP contribution in [0.4, 0.5) is 13.2 Å². The number of rotatable bonds is 6. The van der Waals surface area contributed by atoms with Gasteiger partial charge < -0.3 is 10.4 Å². The number of carboxylic acid groups (broad SMARTS) is 1. The summed E-state index contributed by atoms with van der Waals surface area (Å²) in [5, 5.41) is 12.4. The lowest BCUT2D eigenvalue weighted by Crippen LogP contribution is -2.44. The van der Waals surface area contributed by atoms with Gasteiger partial charge in [0, 0.05) is 12.7 Å². The third kappa shape index (κ3) is 5.35. The number of alkyl halides is 3. The van der Waals surface area contributed by atoms with E-state index in [0.29, 0.717) is 17.9 Å². The van der Waals surface area contributed by atoms with Gasteiger partial charge in [0.05, 0.1) is 21.8 Å². The summed E-state index contributed by atoms with van der Waals surface area (Å²) >= 11 is 1.00. The molecule has 5 nitrogen and oxygen atoms in total. The fraction of sp³-hybridized carbons (Fsp3) is 0.562. The van der Waals surface area contributed by atoms with Crippen LogP contribution in [0.15, 0.2) is 23.4 Å². The third-order valence-corrected chi connectivity index (χ3v) is 5.25. The predicted octanol–water partition coefficient (Wildman–Crippen LogP) is 3.34. The monoisotopic (exact) mass is 376 g/mol. The van der Waals surface area contributed by atoms with Crippen LogP contribution in [0.3, 0.4) is 0 Å². The molecule has 2 rings (SSSR count). The highest BCUT2D eigenvalue weighted by Crippen LogP contribution is 2.36. The second-order valence-corrected chi connectivity index (χ2v) is 7.09. The lowest BCUT2D eigenvalue weighted by atomic mass is 9.74. The minimum absolute atomic E-state index is 0.0337. The summed E-state index contributed by atoms with van der Waals surface area (Å²) in [6.45, 7) is 0.0716. The van der Waals surface area contributed by atoms with Gasteiger partial charge in [0.1, 0.15) is 0 Å². The number of amides is 1. The van der Waals surface area contributed by atoms with Crippen molar-refractivity contribution < 1.29 is 27.9 Å². The highest BCUT2D eigenvalue weighted by atomic mass is 32.2. The Morgan fingerprint density at radius 1 is 1.24 bits per heavy atom. The molecular weight excluding hydrogens is 357 g/mol. The van der Waals surface area contributed by atoms with Gasteiger partial charge in [-0.05, 0) is 25.0 Å². The van der Waals surface area contributed by atoms with Crippen molar-refractivity contribution in [3.8, 4) is 0 Å². The molecule has 2 N–H and O–H groups in total. The van der Waals surface area contributed by atoms with E-state index in [0.717, 1.165) is 43.3 Å². The van der Waals surface area contributed by atoms with Gasteiger partial charge in [0.2, 0.25) is 5.91 Å². The van der Waals surface area contributed by atoms with Crippen LogP contribution in [-0.4, -0.2) is 34.3 Å². The molecule has 0 bridgehead atoms. The Hall–Kier alpha value is -1.77. The van der Waals surface area contributed by atoms with E-state index >= 15 is 0 Å². The Morgan fingerprint density at radius 3 is 2.44 bits per heavy atom. The standard InChI is InChI=1S/C16H19F3N2O3S/c17-16(18,19)11-4-5-13(20-8-11)25-9-12(22)21-10-15(14(23)24)6-2-1-3-7-15/h4-5,8H,1-3,6-7,9-10H2,(H,21,22)(H,23,24). The zero-order valence-corrected chi connectivity index (χ0v) is 14.3. The maximum Gasteiger partial charge on any atom is 0.417 e. The Balaban J connectivity index is 1.83. The maximum absolute atomic E-state index is 12.5. The number of pyridine rings is 1. The molecule has 1 amide bonds. The summed E-state index contributed by atoms with van der Waals surface area (Å²) in [5.74, 6) is -1.30. The van der Waals surface area contributed by atoms with Crippen molar-refractivity contribution in [3.05, 3.63) is 23.9 Å². The number of halogens is 3. The van der Waals surface area contributed by atoms with E-state index in [1.807, 2.05) is 0 Å². The molecule has 1 aromatic heterocycles. The number of carbonyl (C=O) groups is 2. The summed E-state index contributed by atoms with van der Waals surface area (Å²) in [6, 6.07) is 2.12. The smallest absolute Gasteiger partial charge is 0.417 e.